The molecule has 0 saturated carbocycles. The van der Waals surface area contributed by atoms with Crippen molar-refractivity contribution in [2.45, 2.75) is 0 Å². The number of oxazole rings is 1. The molecule has 4 aromatic heterocycles. The third kappa shape index (κ3) is 4.75. The molecule has 0 bridgehead atoms. The Morgan fingerprint density at radius 1 is 0.400 bits per heavy atom. The van der Waals surface area contributed by atoms with Crippen LogP contribution in [0.15, 0.2) is 183 Å². The summed E-state index contributed by atoms with van der Waals surface area (Å²) in [4.78, 5) is 7.17. The van der Waals surface area contributed by atoms with E-state index in [1.165, 1.54) is 20.2 Å². The number of benzene rings is 8. The number of thiophene rings is 1. The second-order valence-electron chi connectivity index (χ2n) is 13.9. The van der Waals surface area contributed by atoms with Crippen LogP contribution in [-0.4, -0.2) is 4.98 Å². The molecule has 4 heterocycles. The predicted molar refractivity (Wildman–Crippen MR) is 227 cm³/mol. The predicted octanol–water partition coefficient (Wildman–Crippen LogP) is 14.8. The van der Waals surface area contributed by atoms with Gasteiger partial charge in [-0.05, 0) is 83.9 Å². The lowest BCUT2D eigenvalue weighted by atomic mass is 9.99. The molecule has 0 spiro atoms. The summed E-state index contributed by atoms with van der Waals surface area (Å²) in [5.74, 6) is 0.596. The second-order valence-corrected chi connectivity index (χ2v) is 15.0. The molecule has 0 unspecified atom stereocenters. The van der Waals surface area contributed by atoms with Gasteiger partial charge in [-0.15, -0.1) is 11.3 Å². The highest BCUT2D eigenvalue weighted by Crippen LogP contribution is 2.44. The molecule has 5 nitrogen and oxygen atoms in total. The summed E-state index contributed by atoms with van der Waals surface area (Å²) in [5.41, 5.74) is 11.1. The Morgan fingerprint density at radius 3 is 1.96 bits per heavy atom. The average molecular weight is 725 g/mol. The summed E-state index contributed by atoms with van der Waals surface area (Å²) < 4.78 is 21.5. The molecule has 0 saturated heterocycles. The smallest absolute Gasteiger partial charge is 0.227 e. The van der Waals surface area contributed by atoms with Crippen LogP contribution >= 0.6 is 11.3 Å². The van der Waals surface area contributed by atoms with Gasteiger partial charge in [0.1, 0.15) is 27.8 Å². The molecule has 0 radical (unpaired) electrons. The molecule has 0 aliphatic rings. The maximum absolute atomic E-state index is 6.43. The minimum Gasteiger partial charge on any atom is -0.456 e. The molecule has 0 atom stereocenters. The molecule has 0 aliphatic heterocycles. The lowest BCUT2D eigenvalue weighted by Crippen LogP contribution is -2.09. The minimum atomic E-state index is 0.596. The van der Waals surface area contributed by atoms with Gasteiger partial charge in [0.2, 0.25) is 5.89 Å². The van der Waals surface area contributed by atoms with Gasteiger partial charge in [-0.2, -0.15) is 0 Å². The lowest BCUT2D eigenvalue weighted by Gasteiger charge is -2.26. The molecule has 12 aromatic rings. The van der Waals surface area contributed by atoms with Crippen LogP contribution in [0.4, 0.5) is 17.1 Å². The van der Waals surface area contributed by atoms with Crippen LogP contribution in [0.1, 0.15) is 0 Å². The summed E-state index contributed by atoms with van der Waals surface area (Å²) in [6.07, 6.45) is 0. The molecule has 0 fully saturated rings. The van der Waals surface area contributed by atoms with Crippen molar-refractivity contribution >= 4 is 104 Å². The SMILES string of the molecule is c1ccc(-c2nc3cc4c(cc3o2)oc2cccc(-c3ccc(N(c5ccc6c(c5)oc5ccccc56)c5ccc6c(c5)sc5ccccc56)cc3)c24)cc1. The van der Waals surface area contributed by atoms with Crippen LogP contribution in [-0.2, 0) is 0 Å². The van der Waals surface area contributed by atoms with E-state index in [2.05, 4.69) is 120 Å². The van der Waals surface area contributed by atoms with E-state index in [9.17, 15) is 0 Å². The summed E-state index contributed by atoms with van der Waals surface area (Å²) in [5, 5.41) is 6.84. The van der Waals surface area contributed by atoms with Crippen molar-refractivity contribution in [2.24, 2.45) is 0 Å². The van der Waals surface area contributed by atoms with Crippen LogP contribution < -0.4 is 4.90 Å². The number of para-hydroxylation sites is 1. The van der Waals surface area contributed by atoms with Crippen molar-refractivity contribution in [3.8, 4) is 22.6 Å². The van der Waals surface area contributed by atoms with E-state index in [0.29, 0.717) is 11.5 Å². The number of anilines is 3. The summed E-state index contributed by atoms with van der Waals surface area (Å²) in [6, 6.07) is 59.3. The van der Waals surface area contributed by atoms with E-state index in [0.717, 1.165) is 83.1 Å². The Hall–Kier alpha value is -7.15. The van der Waals surface area contributed by atoms with E-state index in [-0.39, 0.29) is 0 Å². The van der Waals surface area contributed by atoms with Crippen LogP contribution in [0.2, 0.25) is 0 Å². The fourth-order valence-electron chi connectivity index (χ4n) is 8.14. The third-order valence-electron chi connectivity index (χ3n) is 10.7. The van der Waals surface area contributed by atoms with E-state index in [1.54, 1.807) is 0 Å². The second kappa shape index (κ2) is 11.7. The standard InChI is InChI=1S/C49H28N2O3S/c1-2-9-30(10-3-1)49-50-40-27-39-44(28-45(40)54-49)53-42-15-8-13-34(48(39)42)29-17-19-31(20-18-29)51(32-21-23-36-35-11-4-6-14-41(35)52-43(36)25-32)33-22-24-38-37-12-5-7-16-46(37)55-47(38)26-33/h1-28H. The van der Waals surface area contributed by atoms with Crippen molar-refractivity contribution < 1.29 is 13.3 Å². The number of nitrogens with zero attached hydrogens (tertiary/aromatic N) is 2. The fraction of sp³-hybridized carbons (Fsp3) is 0. The number of fused-ring (bicyclic) bond motifs is 10. The highest BCUT2D eigenvalue weighted by molar-refractivity contribution is 7.25. The molecule has 12 rings (SSSR count). The molecule has 0 amide bonds. The molecular weight excluding hydrogens is 697 g/mol. The first-order chi connectivity index (χ1) is 27.2. The number of rotatable bonds is 5. The van der Waals surface area contributed by atoms with E-state index < -0.39 is 0 Å². The average Bonchev–Trinajstić information content (AvgIpc) is 4.01. The maximum atomic E-state index is 6.43. The highest BCUT2D eigenvalue weighted by atomic mass is 32.1. The Balaban J connectivity index is 0.994. The van der Waals surface area contributed by atoms with Crippen molar-refractivity contribution in [1.29, 1.82) is 0 Å². The number of aromatic nitrogens is 1. The molecule has 0 N–H and O–H groups in total. The van der Waals surface area contributed by atoms with Gasteiger partial charge in [0.25, 0.3) is 0 Å². The Kier molecular flexibility index (Phi) is 6.44. The molecular formula is C49H28N2O3S. The zero-order chi connectivity index (χ0) is 36.0. The number of hydrogen-bond acceptors (Lipinski definition) is 6. The van der Waals surface area contributed by atoms with Gasteiger partial charge < -0.3 is 18.2 Å². The minimum absolute atomic E-state index is 0.596. The largest absolute Gasteiger partial charge is 0.456 e. The van der Waals surface area contributed by atoms with Crippen molar-refractivity contribution in [1.82, 2.24) is 4.98 Å². The van der Waals surface area contributed by atoms with Crippen LogP contribution in [0, 0.1) is 0 Å². The highest BCUT2D eigenvalue weighted by Gasteiger charge is 2.20. The topological polar surface area (TPSA) is 55.6 Å². The monoisotopic (exact) mass is 724 g/mol. The van der Waals surface area contributed by atoms with E-state index >= 15 is 0 Å². The van der Waals surface area contributed by atoms with Gasteiger partial charge >= 0.3 is 0 Å². The summed E-state index contributed by atoms with van der Waals surface area (Å²) in [7, 11) is 0. The Bertz CT molecular complexity index is 3330. The van der Waals surface area contributed by atoms with Crippen molar-refractivity contribution in [3.63, 3.8) is 0 Å². The zero-order valence-electron chi connectivity index (χ0n) is 29.2. The first-order valence-electron chi connectivity index (χ1n) is 18.3. The van der Waals surface area contributed by atoms with Crippen LogP contribution in [0.3, 0.4) is 0 Å². The van der Waals surface area contributed by atoms with Crippen molar-refractivity contribution in [3.05, 3.63) is 170 Å². The summed E-state index contributed by atoms with van der Waals surface area (Å²) >= 11 is 1.83. The first kappa shape index (κ1) is 30.3. The lowest BCUT2D eigenvalue weighted by molar-refractivity contribution is 0.617. The van der Waals surface area contributed by atoms with Crippen LogP contribution in [0.5, 0.6) is 0 Å². The summed E-state index contributed by atoms with van der Waals surface area (Å²) in [6.45, 7) is 0. The Labute approximate surface area is 317 Å². The Morgan fingerprint density at radius 2 is 1.07 bits per heavy atom. The van der Waals surface area contributed by atoms with Crippen LogP contribution in [0.25, 0.3) is 97.7 Å². The molecule has 6 heteroatoms. The molecule has 258 valence electrons. The van der Waals surface area contributed by atoms with Gasteiger partial charge in [-0.3, -0.25) is 0 Å². The first-order valence-corrected chi connectivity index (χ1v) is 19.1. The maximum Gasteiger partial charge on any atom is 0.227 e. The van der Waals surface area contributed by atoms with Gasteiger partial charge in [0, 0.05) is 76.5 Å². The molecule has 0 aliphatic carbocycles. The van der Waals surface area contributed by atoms with E-state index in [4.69, 9.17) is 18.2 Å². The van der Waals surface area contributed by atoms with E-state index in [1.807, 2.05) is 65.9 Å². The fourth-order valence-corrected chi connectivity index (χ4v) is 9.28. The van der Waals surface area contributed by atoms with Gasteiger partial charge in [0.15, 0.2) is 5.58 Å². The number of hydrogen-bond donors (Lipinski definition) is 0. The zero-order valence-corrected chi connectivity index (χ0v) is 30.0. The third-order valence-corrected chi connectivity index (χ3v) is 11.8. The van der Waals surface area contributed by atoms with Crippen molar-refractivity contribution in [2.75, 3.05) is 4.90 Å². The quantitative estimate of drug-likeness (QED) is 0.177. The van der Waals surface area contributed by atoms with Gasteiger partial charge in [-0.1, -0.05) is 84.9 Å². The van der Waals surface area contributed by atoms with Gasteiger partial charge in [0.05, 0.1) is 0 Å². The molecule has 8 aromatic carbocycles. The van der Waals surface area contributed by atoms with Gasteiger partial charge in [-0.25, -0.2) is 4.98 Å². The number of furan rings is 2. The normalized spacial score (nSPS) is 12.0. The molecule has 55 heavy (non-hydrogen) atoms.